The molecule has 130 valence electrons. The van der Waals surface area contributed by atoms with Crippen LogP contribution in [0.3, 0.4) is 0 Å². The number of nitrogens with one attached hydrogen (secondary N) is 1. The highest BCUT2D eigenvalue weighted by Gasteiger charge is 2.27. The van der Waals surface area contributed by atoms with E-state index in [4.69, 9.17) is 4.42 Å². The molecule has 0 spiro atoms. The minimum absolute atomic E-state index is 0.159. The number of benzene rings is 1. The number of hydrogen-bond donors (Lipinski definition) is 1. The molecule has 1 aliphatic heterocycles. The Morgan fingerprint density at radius 3 is 2.88 bits per heavy atom. The van der Waals surface area contributed by atoms with E-state index < -0.39 is 9.84 Å². The van der Waals surface area contributed by atoms with Gasteiger partial charge < -0.3 is 14.6 Å². The highest BCUT2D eigenvalue weighted by Crippen LogP contribution is 2.20. The van der Waals surface area contributed by atoms with Gasteiger partial charge in [-0.05, 0) is 24.5 Å². The topological polar surface area (TPSA) is 74.9 Å². The fraction of sp³-hybridized carbons (Fsp3) is 0.471. The smallest absolute Gasteiger partial charge is 0.193 e. The Morgan fingerprint density at radius 2 is 2.21 bits per heavy atom. The average Bonchev–Trinajstić information content (AvgIpc) is 3.10. The Kier molecular flexibility index (Phi) is 4.80. The van der Waals surface area contributed by atoms with E-state index >= 15 is 0 Å². The van der Waals surface area contributed by atoms with Crippen LogP contribution in [0.2, 0.25) is 0 Å². The van der Waals surface area contributed by atoms with Gasteiger partial charge in [0.25, 0.3) is 0 Å². The number of furan rings is 1. The molecule has 6 nitrogen and oxygen atoms in total. The van der Waals surface area contributed by atoms with Gasteiger partial charge in [-0.25, -0.2) is 8.42 Å². The molecule has 1 aromatic carbocycles. The molecular weight excluding hydrogens is 326 g/mol. The van der Waals surface area contributed by atoms with Gasteiger partial charge in [-0.3, -0.25) is 4.99 Å². The van der Waals surface area contributed by atoms with Gasteiger partial charge in [0.15, 0.2) is 15.8 Å². The second-order valence-electron chi connectivity index (χ2n) is 6.30. The predicted molar refractivity (Wildman–Crippen MR) is 95.8 cm³/mol. The van der Waals surface area contributed by atoms with Gasteiger partial charge in [0.05, 0.1) is 18.1 Å². The van der Waals surface area contributed by atoms with Crippen molar-refractivity contribution < 1.29 is 12.8 Å². The highest BCUT2D eigenvalue weighted by molar-refractivity contribution is 7.91. The van der Waals surface area contributed by atoms with Crippen LogP contribution in [0.5, 0.6) is 0 Å². The Bertz CT molecular complexity index is 809. The average molecular weight is 349 g/mol. The Morgan fingerprint density at radius 1 is 1.42 bits per heavy atom. The van der Waals surface area contributed by atoms with E-state index in [1.54, 1.807) is 7.05 Å². The molecule has 1 atom stereocenters. The summed E-state index contributed by atoms with van der Waals surface area (Å²) in [4.78, 5) is 6.25. The SMILES string of the molecule is CN=C(NCC1CCS(=O)(=O)C1)N(C)Cc1cc2ccccc2o1. The number of fused-ring (bicyclic) bond motifs is 1. The molecule has 1 fully saturated rings. The van der Waals surface area contributed by atoms with Crippen molar-refractivity contribution in [2.45, 2.75) is 13.0 Å². The lowest BCUT2D eigenvalue weighted by Gasteiger charge is -2.22. The van der Waals surface area contributed by atoms with Crippen molar-refractivity contribution in [3.8, 4) is 0 Å². The van der Waals surface area contributed by atoms with Crippen molar-refractivity contribution >= 4 is 26.8 Å². The van der Waals surface area contributed by atoms with E-state index in [-0.39, 0.29) is 11.7 Å². The maximum Gasteiger partial charge on any atom is 0.193 e. The van der Waals surface area contributed by atoms with Crippen molar-refractivity contribution in [1.82, 2.24) is 10.2 Å². The Balaban J connectivity index is 1.59. The van der Waals surface area contributed by atoms with Crippen LogP contribution in [0.1, 0.15) is 12.2 Å². The third-order valence-corrected chi connectivity index (χ3v) is 6.16. The molecule has 0 bridgehead atoms. The van der Waals surface area contributed by atoms with Crippen LogP contribution in [0.25, 0.3) is 11.0 Å². The van der Waals surface area contributed by atoms with E-state index in [0.29, 0.717) is 18.8 Å². The Hall–Kier alpha value is -2.02. The van der Waals surface area contributed by atoms with Crippen LogP contribution in [-0.2, 0) is 16.4 Å². The lowest BCUT2D eigenvalue weighted by molar-refractivity contribution is 0.408. The number of aliphatic imine (C=N–C) groups is 1. The predicted octanol–water partition coefficient (Wildman–Crippen LogP) is 1.87. The number of nitrogens with zero attached hydrogens (tertiary/aromatic N) is 2. The lowest BCUT2D eigenvalue weighted by Crippen LogP contribution is -2.40. The Labute approximate surface area is 142 Å². The van der Waals surface area contributed by atoms with Crippen LogP contribution < -0.4 is 5.32 Å². The standard InChI is InChI=1S/C17H23N3O3S/c1-18-17(19-10-13-7-8-24(21,22)12-13)20(2)11-15-9-14-5-3-4-6-16(14)23-15/h3-6,9,13H,7-8,10-12H2,1-2H3,(H,18,19). The van der Waals surface area contributed by atoms with E-state index in [9.17, 15) is 8.42 Å². The third-order valence-electron chi connectivity index (χ3n) is 4.32. The summed E-state index contributed by atoms with van der Waals surface area (Å²) in [7, 11) is 0.821. The highest BCUT2D eigenvalue weighted by atomic mass is 32.2. The molecule has 2 aromatic rings. The quantitative estimate of drug-likeness (QED) is 0.674. The largest absolute Gasteiger partial charge is 0.459 e. The molecule has 24 heavy (non-hydrogen) atoms. The summed E-state index contributed by atoms with van der Waals surface area (Å²) in [6.07, 6.45) is 0.722. The summed E-state index contributed by atoms with van der Waals surface area (Å²) in [6, 6.07) is 9.95. The van der Waals surface area contributed by atoms with Crippen molar-refractivity contribution in [2.75, 3.05) is 32.1 Å². The van der Waals surface area contributed by atoms with Crippen molar-refractivity contribution in [3.05, 3.63) is 36.1 Å². The minimum atomic E-state index is -2.84. The zero-order chi connectivity index (χ0) is 17.2. The maximum atomic E-state index is 11.5. The van der Waals surface area contributed by atoms with E-state index in [1.807, 2.05) is 42.3 Å². The summed E-state index contributed by atoms with van der Waals surface area (Å²) < 4.78 is 28.9. The van der Waals surface area contributed by atoms with Gasteiger partial charge in [-0.2, -0.15) is 0 Å². The fourth-order valence-electron chi connectivity index (χ4n) is 3.08. The van der Waals surface area contributed by atoms with E-state index in [0.717, 1.165) is 29.1 Å². The van der Waals surface area contributed by atoms with Crippen LogP contribution in [-0.4, -0.2) is 51.4 Å². The molecule has 1 unspecified atom stereocenters. The molecule has 2 heterocycles. The summed E-state index contributed by atoms with van der Waals surface area (Å²) in [5.41, 5.74) is 0.875. The normalized spacial score (nSPS) is 20.4. The third kappa shape index (κ3) is 3.90. The number of guanidine groups is 1. The van der Waals surface area contributed by atoms with Crippen molar-refractivity contribution in [2.24, 2.45) is 10.9 Å². The van der Waals surface area contributed by atoms with E-state index in [1.165, 1.54) is 0 Å². The summed E-state index contributed by atoms with van der Waals surface area (Å²) in [5, 5.41) is 4.36. The van der Waals surface area contributed by atoms with Crippen molar-refractivity contribution in [1.29, 1.82) is 0 Å². The zero-order valence-corrected chi connectivity index (χ0v) is 14.8. The number of rotatable bonds is 4. The van der Waals surface area contributed by atoms with Crippen LogP contribution >= 0.6 is 0 Å². The molecule has 1 aromatic heterocycles. The molecular formula is C17H23N3O3S. The first-order chi connectivity index (χ1) is 11.5. The first-order valence-electron chi connectivity index (χ1n) is 8.06. The molecule has 0 amide bonds. The molecule has 1 saturated heterocycles. The van der Waals surface area contributed by atoms with Gasteiger partial charge in [0.1, 0.15) is 11.3 Å². The molecule has 1 aliphatic rings. The molecule has 0 saturated carbocycles. The zero-order valence-electron chi connectivity index (χ0n) is 14.0. The van der Waals surface area contributed by atoms with Gasteiger partial charge in [-0.15, -0.1) is 0 Å². The van der Waals surface area contributed by atoms with Crippen LogP contribution in [0.4, 0.5) is 0 Å². The second kappa shape index (κ2) is 6.84. The summed E-state index contributed by atoms with van der Waals surface area (Å²) >= 11 is 0. The molecule has 0 aliphatic carbocycles. The van der Waals surface area contributed by atoms with Gasteiger partial charge in [0, 0.05) is 26.0 Å². The van der Waals surface area contributed by atoms with Gasteiger partial charge in [-0.1, -0.05) is 18.2 Å². The molecule has 0 radical (unpaired) electrons. The molecule has 1 N–H and O–H groups in total. The van der Waals surface area contributed by atoms with Crippen LogP contribution in [0.15, 0.2) is 39.7 Å². The van der Waals surface area contributed by atoms with E-state index in [2.05, 4.69) is 10.3 Å². The first kappa shape index (κ1) is 16.8. The second-order valence-corrected chi connectivity index (χ2v) is 8.53. The number of sulfone groups is 1. The lowest BCUT2D eigenvalue weighted by atomic mass is 10.1. The summed E-state index contributed by atoms with van der Waals surface area (Å²) in [6.45, 7) is 1.22. The van der Waals surface area contributed by atoms with Gasteiger partial charge in [0.2, 0.25) is 0 Å². The fourth-order valence-corrected chi connectivity index (χ4v) is 4.94. The van der Waals surface area contributed by atoms with Gasteiger partial charge >= 0.3 is 0 Å². The summed E-state index contributed by atoms with van der Waals surface area (Å²) in [5.74, 6) is 2.33. The van der Waals surface area contributed by atoms with Crippen molar-refractivity contribution in [3.63, 3.8) is 0 Å². The number of para-hydroxylation sites is 1. The number of hydrogen-bond acceptors (Lipinski definition) is 4. The maximum absolute atomic E-state index is 11.5. The monoisotopic (exact) mass is 349 g/mol. The molecule has 3 rings (SSSR count). The molecule has 7 heteroatoms. The minimum Gasteiger partial charge on any atom is -0.459 e. The van der Waals surface area contributed by atoms with Crippen LogP contribution in [0, 0.1) is 5.92 Å². The first-order valence-corrected chi connectivity index (χ1v) is 9.88.